The number of pyridine rings is 1. The summed E-state index contributed by atoms with van der Waals surface area (Å²) < 4.78 is 19.2. The van der Waals surface area contributed by atoms with E-state index < -0.39 is 11.7 Å². The maximum absolute atomic E-state index is 13.4. The highest BCUT2D eigenvalue weighted by molar-refractivity contribution is 5.91. The van der Waals surface area contributed by atoms with Crippen LogP contribution in [-0.2, 0) is 4.79 Å². The molecule has 2 N–H and O–H groups in total. The molecule has 0 unspecified atom stereocenters. The number of hydroxylamine groups is 1. The summed E-state index contributed by atoms with van der Waals surface area (Å²) in [5.74, 6) is -0.338. The van der Waals surface area contributed by atoms with E-state index in [2.05, 4.69) is 4.98 Å². The number of ether oxygens (including phenoxy) is 1. The number of hydrogen-bond donors (Lipinski definition) is 2. The molecule has 0 saturated carbocycles. The lowest BCUT2D eigenvalue weighted by Gasteiger charge is -2.20. The van der Waals surface area contributed by atoms with Crippen LogP contribution in [0, 0.1) is 5.82 Å². The SMILES string of the molecule is CN(c1cccnc1)c1ccc(Oc2cccc(F)c2)c(/C=C/C(=O)NO)c1. The maximum atomic E-state index is 13.4. The summed E-state index contributed by atoms with van der Waals surface area (Å²) in [6.45, 7) is 0. The number of carbonyl (C=O) groups is 1. The first-order chi connectivity index (χ1) is 13.6. The highest BCUT2D eigenvalue weighted by Gasteiger charge is 2.10. The van der Waals surface area contributed by atoms with Gasteiger partial charge in [0.05, 0.1) is 11.9 Å². The molecular formula is C21H18FN3O3. The monoisotopic (exact) mass is 379 g/mol. The predicted molar refractivity (Wildman–Crippen MR) is 104 cm³/mol. The van der Waals surface area contributed by atoms with Gasteiger partial charge in [-0.25, -0.2) is 9.87 Å². The summed E-state index contributed by atoms with van der Waals surface area (Å²) in [5.41, 5.74) is 3.81. The predicted octanol–water partition coefficient (Wildman–Crippen LogP) is 4.30. The second kappa shape index (κ2) is 8.79. The first-order valence-corrected chi connectivity index (χ1v) is 8.40. The molecule has 1 amide bonds. The molecule has 0 bridgehead atoms. The van der Waals surface area contributed by atoms with Gasteiger partial charge in [-0.05, 0) is 48.5 Å². The number of halogens is 1. The van der Waals surface area contributed by atoms with Crippen molar-refractivity contribution in [2.24, 2.45) is 0 Å². The van der Waals surface area contributed by atoms with Crippen LogP contribution in [0.25, 0.3) is 6.08 Å². The molecule has 1 aromatic heterocycles. The molecule has 0 fully saturated rings. The van der Waals surface area contributed by atoms with Gasteiger partial charge < -0.3 is 9.64 Å². The number of rotatable bonds is 6. The summed E-state index contributed by atoms with van der Waals surface area (Å²) in [5, 5.41) is 8.70. The molecule has 0 atom stereocenters. The summed E-state index contributed by atoms with van der Waals surface area (Å²) in [6.07, 6.45) is 6.09. The van der Waals surface area contributed by atoms with E-state index in [4.69, 9.17) is 9.94 Å². The second-order valence-electron chi connectivity index (χ2n) is 5.86. The fourth-order valence-electron chi connectivity index (χ4n) is 2.53. The molecule has 0 radical (unpaired) electrons. The normalized spacial score (nSPS) is 10.7. The number of nitrogens with one attached hydrogen (secondary N) is 1. The van der Waals surface area contributed by atoms with Crippen molar-refractivity contribution in [3.63, 3.8) is 0 Å². The van der Waals surface area contributed by atoms with E-state index in [9.17, 15) is 9.18 Å². The van der Waals surface area contributed by atoms with Gasteiger partial charge in [-0.15, -0.1) is 0 Å². The minimum Gasteiger partial charge on any atom is -0.457 e. The molecule has 3 aromatic rings. The molecule has 0 aliphatic carbocycles. The number of aromatic nitrogens is 1. The van der Waals surface area contributed by atoms with Gasteiger partial charge in [0.1, 0.15) is 17.3 Å². The number of amides is 1. The third-order valence-electron chi connectivity index (χ3n) is 3.96. The molecule has 3 rings (SSSR count). The molecule has 0 saturated heterocycles. The average Bonchev–Trinajstić information content (AvgIpc) is 2.73. The van der Waals surface area contributed by atoms with E-state index in [0.717, 1.165) is 11.4 Å². The van der Waals surface area contributed by atoms with E-state index in [0.29, 0.717) is 17.1 Å². The van der Waals surface area contributed by atoms with Gasteiger partial charge in [-0.3, -0.25) is 15.0 Å². The van der Waals surface area contributed by atoms with Crippen LogP contribution in [0.3, 0.4) is 0 Å². The van der Waals surface area contributed by atoms with E-state index in [1.807, 2.05) is 36.2 Å². The Balaban J connectivity index is 1.97. The highest BCUT2D eigenvalue weighted by Crippen LogP contribution is 2.32. The van der Waals surface area contributed by atoms with Gasteiger partial charge in [-0.1, -0.05) is 6.07 Å². The van der Waals surface area contributed by atoms with Crippen molar-refractivity contribution >= 4 is 23.4 Å². The number of benzene rings is 2. The van der Waals surface area contributed by atoms with E-state index in [1.165, 1.54) is 24.3 Å². The summed E-state index contributed by atoms with van der Waals surface area (Å²) >= 11 is 0. The summed E-state index contributed by atoms with van der Waals surface area (Å²) in [6, 6.07) is 14.9. The average molecular weight is 379 g/mol. The first kappa shape index (κ1) is 19.1. The van der Waals surface area contributed by atoms with Crippen LogP contribution in [0.4, 0.5) is 15.8 Å². The summed E-state index contributed by atoms with van der Waals surface area (Å²) in [7, 11) is 1.88. The fourth-order valence-corrected chi connectivity index (χ4v) is 2.53. The summed E-state index contributed by atoms with van der Waals surface area (Å²) in [4.78, 5) is 17.4. The molecule has 142 valence electrons. The third-order valence-corrected chi connectivity index (χ3v) is 3.96. The van der Waals surface area contributed by atoms with Gasteiger partial charge in [0.15, 0.2) is 0 Å². The second-order valence-corrected chi connectivity index (χ2v) is 5.86. The number of nitrogens with zero attached hydrogens (tertiary/aromatic N) is 2. The maximum Gasteiger partial charge on any atom is 0.267 e. The lowest BCUT2D eigenvalue weighted by Crippen LogP contribution is -2.14. The van der Waals surface area contributed by atoms with Crippen LogP contribution < -0.4 is 15.1 Å². The van der Waals surface area contributed by atoms with Gasteiger partial charge in [-0.2, -0.15) is 0 Å². The van der Waals surface area contributed by atoms with E-state index >= 15 is 0 Å². The minimum atomic E-state index is -0.678. The number of anilines is 2. The van der Waals surface area contributed by atoms with Crippen LogP contribution in [-0.4, -0.2) is 23.1 Å². The molecule has 2 aromatic carbocycles. The minimum absolute atomic E-state index is 0.328. The van der Waals surface area contributed by atoms with Crippen molar-refractivity contribution in [2.75, 3.05) is 11.9 Å². The molecule has 6 nitrogen and oxygen atoms in total. The molecule has 7 heteroatoms. The Kier molecular flexibility index (Phi) is 5.98. The van der Waals surface area contributed by atoms with Gasteiger partial charge in [0, 0.05) is 36.6 Å². The third kappa shape index (κ3) is 4.72. The zero-order chi connectivity index (χ0) is 19.9. The van der Waals surface area contributed by atoms with Crippen LogP contribution in [0.2, 0.25) is 0 Å². The van der Waals surface area contributed by atoms with Crippen molar-refractivity contribution in [3.05, 3.63) is 84.4 Å². The molecule has 0 spiro atoms. The largest absolute Gasteiger partial charge is 0.457 e. The Labute approximate surface area is 161 Å². The Morgan fingerprint density at radius 1 is 1.18 bits per heavy atom. The zero-order valence-corrected chi connectivity index (χ0v) is 15.0. The zero-order valence-electron chi connectivity index (χ0n) is 15.0. The fraction of sp³-hybridized carbons (Fsp3) is 0.0476. The van der Waals surface area contributed by atoms with Crippen molar-refractivity contribution in [2.45, 2.75) is 0 Å². The van der Waals surface area contributed by atoms with Crippen LogP contribution in [0.5, 0.6) is 11.5 Å². The smallest absolute Gasteiger partial charge is 0.267 e. The van der Waals surface area contributed by atoms with Gasteiger partial charge >= 0.3 is 0 Å². The molecule has 28 heavy (non-hydrogen) atoms. The van der Waals surface area contributed by atoms with Crippen LogP contribution in [0.15, 0.2) is 73.1 Å². The van der Waals surface area contributed by atoms with Crippen LogP contribution >= 0.6 is 0 Å². The van der Waals surface area contributed by atoms with Crippen molar-refractivity contribution in [1.82, 2.24) is 10.5 Å². The Morgan fingerprint density at radius 2 is 2.04 bits per heavy atom. The van der Waals surface area contributed by atoms with E-state index in [1.54, 1.807) is 36.1 Å². The van der Waals surface area contributed by atoms with Crippen molar-refractivity contribution in [3.8, 4) is 11.5 Å². The standard InChI is InChI=1S/C21H18FN3O3/c1-25(18-5-3-11-23-14-18)17-8-9-20(15(12-17)7-10-21(26)24-27)28-19-6-2-4-16(22)13-19/h2-14,27H,1H3,(H,24,26)/b10-7+. The molecule has 0 aliphatic heterocycles. The first-order valence-electron chi connectivity index (χ1n) is 8.40. The Hall–Kier alpha value is -3.71. The van der Waals surface area contributed by atoms with Gasteiger partial charge in [0.25, 0.3) is 5.91 Å². The highest BCUT2D eigenvalue weighted by atomic mass is 19.1. The number of hydrogen-bond acceptors (Lipinski definition) is 5. The van der Waals surface area contributed by atoms with Gasteiger partial charge in [0.2, 0.25) is 0 Å². The topological polar surface area (TPSA) is 74.7 Å². The Bertz CT molecular complexity index is 993. The lowest BCUT2D eigenvalue weighted by molar-refractivity contribution is -0.124. The lowest BCUT2D eigenvalue weighted by atomic mass is 10.1. The number of carbonyl (C=O) groups excluding carboxylic acids is 1. The molecule has 1 heterocycles. The van der Waals surface area contributed by atoms with Crippen molar-refractivity contribution < 1.29 is 19.1 Å². The quantitative estimate of drug-likeness (QED) is 0.379. The van der Waals surface area contributed by atoms with E-state index in [-0.39, 0.29) is 0 Å². The molecular weight excluding hydrogens is 361 g/mol. The van der Waals surface area contributed by atoms with Crippen LogP contribution in [0.1, 0.15) is 5.56 Å². The Morgan fingerprint density at radius 3 is 2.75 bits per heavy atom. The van der Waals surface area contributed by atoms with Crippen molar-refractivity contribution in [1.29, 1.82) is 0 Å². The molecule has 0 aliphatic rings.